The lowest BCUT2D eigenvalue weighted by Crippen LogP contribution is -2.40. The molecule has 30 heavy (non-hydrogen) atoms. The average molecular weight is 432 g/mol. The molecule has 0 bridgehead atoms. The number of carbonyl (C=O) groups excluding carboxylic acids is 1. The number of ether oxygens (including phenoxy) is 1. The first-order valence-electron chi connectivity index (χ1n) is 10.4. The number of hydrogen-bond donors (Lipinski definition) is 0. The van der Waals surface area contributed by atoms with Crippen LogP contribution in [0.4, 0.5) is 4.39 Å². The van der Waals surface area contributed by atoms with Crippen molar-refractivity contribution in [2.45, 2.75) is 50.0 Å². The summed E-state index contributed by atoms with van der Waals surface area (Å²) in [6.45, 7) is 2.28. The van der Waals surface area contributed by atoms with Gasteiger partial charge in [0.05, 0.1) is 10.8 Å². The fourth-order valence-electron chi connectivity index (χ4n) is 4.29. The van der Waals surface area contributed by atoms with Gasteiger partial charge in [0.15, 0.2) is 0 Å². The highest BCUT2D eigenvalue weighted by Crippen LogP contribution is 2.29. The van der Waals surface area contributed by atoms with Crippen LogP contribution in [-0.4, -0.2) is 31.8 Å². The Morgan fingerprint density at radius 3 is 2.57 bits per heavy atom. The van der Waals surface area contributed by atoms with Gasteiger partial charge in [-0.2, -0.15) is 4.31 Å². The van der Waals surface area contributed by atoms with Gasteiger partial charge in [-0.05, 0) is 80.0 Å². The zero-order valence-electron chi connectivity index (χ0n) is 17.0. The van der Waals surface area contributed by atoms with Gasteiger partial charge in [-0.3, -0.25) is 4.79 Å². The predicted molar refractivity (Wildman–Crippen MR) is 111 cm³/mol. The number of rotatable bonds is 5. The number of aryl methyl sites for hydroxylation is 2. The number of nitrogens with zero attached hydrogens (tertiary/aromatic N) is 1. The number of hydrogen-bond acceptors (Lipinski definition) is 4. The lowest BCUT2D eigenvalue weighted by Gasteiger charge is -2.30. The van der Waals surface area contributed by atoms with Crippen LogP contribution >= 0.6 is 0 Å². The Balaban J connectivity index is 1.36. The molecule has 0 saturated carbocycles. The highest BCUT2D eigenvalue weighted by atomic mass is 32.2. The van der Waals surface area contributed by atoms with Gasteiger partial charge in [0.2, 0.25) is 10.0 Å². The van der Waals surface area contributed by atoms with Crippen molar-refractivity contribution in [2.75, 3.05) is 13.1 Å². The molecule has 0 radical (unpaired) electrons. The molecule has 0 N–H and O–H groups in total. The van der Waals surface area contributed by atoms with Crippen LogP contribution in [0.25, 0.3) is 0 Å². The summed E-state index contributed by atoms with van der Waals surface area (Å²) in [5.41, 5.74) is 2.96. The Kier molecular flexibility index (Phi) is 5.93. The van der Waals surface area contributed by atoms with Crippen molar-refractivity contribution in [3.8, 4) is 0 Å². The van der Waals surface area contributed by atoms with Crippen LogP contribution in [0.3, 0.4) is 0 Å². The molecule has 1 heterocycles. The first-order chi connectivity index (χ1) is 14.3. The van der Waals surface area contributed by atoms with Gasteiger partial charge >= 0.3 is 5.97 Å². The van der Waals surface area contributed by atoms with E-state index < -0.39 is 16.1 Å². The third-order valence-electron chi connectivity index (χ3n) is 6.11. The summed E-state index contributed by atoms with van der Waals surface area (Å²) in [4.78, 5) is 12.9. The van der Waals surface area contributed by atoms with E-state index in [9.17, 15) is 17.6 Å². The molecular weight excluding hydrogens is 405 g/mol. The van der Waals surface area contributed by atoms with E-state index in [0.717, 1.165) is 24.8 Å². The highest BCUT2D eigenvalue weighted by Gasteiger charge is 2.33. The molecule has 0 spiro atoms. The summed E-state index contributed by atoms with van der Waals surface area (Å²) in [6, 6.07) is 11.4. The smallest absolute Gasteiger partial charge is 0.309 e. The lowest BCUT2D eigenvalue weighted by atomic mass is 9.98. The Bertz CT molecular complexity index is 1040. The number of piperidine rings is 1. The molecule has 1 atom stereocenters. The summed E-state index contributed by atoms with van der Waals surface area (Å²) in [5.74, 6) is -1.09. The van der Waals surface area contributed by atoms with Gasteiger partial charge in [-0.25, -0.2) is 12.8 Å². The van der Waals surface area contributed by atoms with E-state index in [1.54, 1.807) is 31.2 Å². The number of benzene rings is 2. The second-order valence-electron chi connectivity index (χ2n) is 8.10. The van der Waals surface area contributed by atoms with E-state index in [1.807, 2.05) is 6.07 Å². The first kappa shape index (κ1) is 21.0. The lowest BCUT2D eigenvalue weighted by molar-refractivity contribution is -0.155. The second kappa shape index (κ2) is 8.47. The molecule has 0 unspecified atom stereocenters. The fraction of sp³-hybridized carbons (Fsp3) is 0.435. The van der Waals surface area contributed by atoms with Gasteiger partial charge < -0.3 is 4.74 Å². The monoisotopic (exact) mass is 431 g/mol. The molecule has 1 saturated heterocycles. The third-order valence-corrected chi connectivity index (χ3v) is 8.00. The van der Waals surface area contributed by atoms with Crippen molar-refractivity contribution in [3.05, 3.63) is 65.0 Å². The van der Waals surface area contributed by atoms with E-state index in [0.29, 0.717) is 23.3 Å². The Morgan fingerprint density at radius 1 is 1.10 bits per heavy atom. The zero-order valence-corrected chi connectivity index (χ0v) is 17.8. The van der Waals surface area contributed by atoms with Gasteiger partial charge in [0.25, 0.3) is 0 Å². The standard InChI is InChI=1S/C23H26FNO4S/c1-16(19-5-3-7-21(24)14-19)29-23(26)18-10-12-25(13-11-18)30(27,28)22-9-8-17-4-2-6-20(17)15-22/h3,5,7-9,14-16,18H,2,4,6,10-13H2,1H3/t16-/m1/s1. The molecule has 2 aromatic rings. The average Bonchev–Trinajstić information content (AvgIpc) is 3.21. The minimum atomic E-state index is -3.56. The maximum Gasteiger partial charge on any atom is 0.309 e. The maximum atomic E-state index is 13.4. The number of fused-ring (bicyclic) bond motifs is 1. The zero-order chi connectivity index (χ0) is 21.3. The van der Waals surface area contributed by atoms with Crippen molar-refractivity contribution in [1.29, 1.82) is 0 Å². The molecule has 4 rings (SSSR count). The fourth-order valence-corrected chi connectivity index (χ4v) is 5.81. The Morgan fingerprint density at radius 2 is 1.83 bits per heavy atom. The quantitative estimate of drug-likeness (QED) is 0.671. The topological polar surface area (TPSA) is 63.7 Å². The van der Waals surface area contributed by atoms with Crippen LogP contribution < -0.4 is 0 Å². The molecule has 2 aliphatic rings. The summed E-state index contributed by atoms with van der Waals surface area (Å²) >= 11 is 0. The first-order valence-corrected chi connectivity index (χ1v) is 11.9. The highest BCUT2D eigenvalue weighted by molar-refractivity contribution is 7.89. The van der Waals surface area contributed by atoms with E-state index in [2.05, 4.69) is 0 Å². The molecular formula is C23H26FNO4S. The molecule has 0 aromatic heterocycles. The Hall–Kier alpha value is -2.25. The van der Waals surface area contributed by atoms with Crippen molar-refractivity contribution >= 4 is 16.0 Å². The van der Waals surface area contributed by atoms with Crippen molar-refractivity contribution in [3.63, 3.8) is 0 Å². The minimum absolute atomic E-state index is 0.285. The second-order valence-corrected chi connectivity index (χ2v) is 10.0. The van der Waals surface area contributed by atoms with Crippen LogP contribution in [0.5, 0.6) is 0 Å². The normalized spacial score (nSPS) is 18.7. The molecule has 1 aliphatic heterocycles. The number of halogens is 1. The molecule has 0 amide bonds. The van der Waals surface area contributed by atoms with Crippen molar-refractivity contribution in [2.24, 2.45) is 5.92 Å². The number of carbonyl (C=O) groups is 1. The van der Waals surface area contributed by atoms with Crippen LogP contribution in [0.15, 0.2) is 47.4 Å². The minimum Gasteiger partial charge on any atom is -0.458 e. The Labute approximate surface area is 176 Å². The van der Waals surface area contributed by atoms with Gasteiger partial charge in [0, 0.05) is 13.1 Å². The molecule has 5 nitrogen and oxygen atoms in total. The maximum absolute atomic E-state index is 13.4. The number of sulfonamides is 1. The molecule has 1 aliphatic carbocycles. The summed E-state index contributed by atoms with van der Waals surface area (Å²) in [7, 11) is -3.56. The largest absolute Gasteiger partial charge is 0.458 e. The van der Waals surface area contributed by atoms with Crippen LogP contribution in [0.1, 0.15) is 49.0 Å². The van der Waals surface area contributed by atoms with Crippen LogP contribution in [0, 0.1) is 11.7 Å². The number of esters is 1. The third kappa shape index (κ3) is 4.27. The molecule has 1 fully saturated rings. The van der Waals surface area contributed by atoms with Crippen molar-refractivity contribution in [1.82, 2.24) is 4.31 Å². The SMILES string of the molecule is C[C@@H](OC(=O)C1CCN(S(=O)(=O)c2ccc3c(c2)CCC3)CC1)c1cccc(F)c1. The molecule has 160 valence electrons. The molecule has 2 aromatic carbocycles. The van der Waals surface area contributed by atoms with E-state index in [-0.39, 0.29) is 30.8 Å². The van der Waals surface area contributed by atoms with E-state index >= 15 is 0 Å². The van der Waals surface area contributed by atoms with Crippen LogP contribution in [0.2, 0.25) is 0 Å². The van der Waals surface area contributed by atoms with Crippen LogP contribution in [-0.2, 0) is 32.4 Å². The van der Waals surface area contributed by atoms with Gasteiger partial charge in [0.1, 0.15) is 11.9 Å². The summed E-state index contributed by atoms with van der Waals surface area (Å²) in [6.07, 6.45) is 3.28. The summed E-state index contributed by atoms with van der Waals surface area (Å²) < 4.78 is 46.4. The van der Waals surface area contributed by atoms with E-state index in [1.165, 1.54) is 22.0 Å². The summed E-state index contributed by atoms with van der Waals surface area (Å²) in [5, 5.41) is 0. The van der Waals surface area contributed by atoms with Gasteiger partial charge in [-0.1, -0.05) is 18.2 Å². The van der Waals surface area contributed by atoms with E-state index in [4.69, 9.17) is 4.74 Å². The van der Waals surface area contributed by atoms with Crippen molar-refractivity contribution < 1.29 is 22.3 Å². The predicted octanol–water partition coefficient (Wildman–Crippen LogP) is 4.02. The molecule has 7 heteroatoms. The van der Waals surface area contributed by atoms with Gasteiger partial charge in [-0.15, -0.1) is 0 Å².